The summed E-state index contributed by atoms with van der Waals surface area (Å²) in [4.78, 5) is 12.5. The molecular formula is C33H52NO4P. The van der Waals surface area contributed by atoms with Crippen molar-refractivity contribution >= 4 is 13.3 Å². The summed E-state index contributed by atoms with van der Waals surface area (Å²) in [5, 5.41) is 13.4. The number of fused-ring (bicyclic) bond motifs is 5. The SMILES string of the molecule is C[C@]12CCC3C(CC[C@@H]4C[C@H](O)CC[C@]34C)C1CC[C@@H]2CCCNC(=O)CCP(C)(=O)OCc1ccccc1. The summed E-state index contributed by atoms with van der Waals surface area (Å²) in [7, 11) is -2.80. The largest absolute Gasteiger partial charge is 0.393 e. The lowest BCUT2D eigenvalue weighted by molar-refractivity contribution is -0.127. The molecule has 2 N–H and O–H groups in total. The van der Waals surface area contributed by atoms with Crippen LogP contribution in [0.1, 0.15) is 96.5 Å². The molecule has 6 heteroatoms. The minimum absolute atomic E-state index is 0.0148. The first-order valence-corrected chi connectivity index (χ1v) is 18.1. The third-order valence-corrected chi connectivity index (χ3v) is 13.7. The lowest BCUT2D eigenvalue weighted by atomic mass is 9.44. The smallest absolute Gasteiger partial charge is 0.220 e. The summed E-state index contributed by atoms with van der Waals surface area (Å²) >= 11 is 0. The topological polar surface area (TPSA) is 75.6 Å². The molecule has 0 radical (unpaired) electrons. The van der Waals surface area contributed by atoms with E-state index in [1.165, 1.54) is 51.4 Å². The number of benzene rings is 1. The van der Waals surface area contributed by atoms with Gasteiger partial charge in [0.2, 0.25) is 13.3 Å². The van der Waals surface area contributed by atoms with Gasteiger partial charge in [-0.15, -0.1) is 0 Å². The van der Waals surface area contributed by atoms with E-state index in [-0.39, 0.29) is 24.6 Å². The summed E-state index contributed by atoms with van der Waals surface area (Å²) in [5.74, 6) is 4.06. The standard InChI is InChI=1S/C33H52NO4P/c1-32-19-16-30-28(13-11-26-22-27(35)15-18-33(26,30)2)29(32)14-12-25(32)10-7-20-34-31(36)17-21-39(3,37)38-23-24-8-5-4-6-9-24/h4-6,8-9,25-30,35H,7,10-23H2,1-3H3,(H,34,36)/t25-,26+,27+,28?,29?,30?,32+,33-,39?/m0/s1. The number of aliphatic hydroxyl groups excluding tert-OH is 1. The first-order chi connectivity index (χ1) is 18.6. The fraction of sp³-hybridized carbons (Fsp3) is 0.788. The van der Waals surface area contributed by atoms with Gasteiger partial charge in [0.25, 0.3) is 0 Å². The second kappa shape index (κ2) is 12.0. The molecule has 218 valence electrons. The number of carbonyl (C=O) groups excluding carboxylic acids is 1. The molecule has 4 aliphatic carbocycles. The van der Waals surface area contributed by atoms with Crippen LogP contribution in [0.2, 0.25) is 0 Å². The molecule has 0 aromatic heterocycles. The van der Waals surface area contributed by atoms with Crippen molar-refractivity contribution in [3.05, 3.63) is 35.9 Å². The van der Waals surface area contributed by atoms with E-state index >= 15 is 0 Å². The number of carbonyl (C=O) groups is 1. The van der Waals surface area contributed by atoms with Gasteiger partial charge in [0.15, 0.2) is 0 Å². The molecule has 4 saturated carbocycles. The van der Waals surface area contributed by atoms with Crippen molar-refractivity contribution in [3.63, 3.8) is 0 Å². The zero-order valence-corrected chi connectivity index (χ0v) is 25.5. The van der Waals surface area contributed by atoms with Crippen LogP contribution in [0.4, 0.5) is 0 Å². The van der Waals surface area contributed by atoms with E-state index in [2.05, 4.69) is 19.2 Å². The zero-order chi connectivity index (χ0) is 27.7. The fourth-order valence-electron chi connectivity index (χ4n) is 9.64. The first kappa shape index (κ1) is 29.3. The minimum atomic E-state index is -2.80. The van der Waals surface area contributed by atoms with E-state index < -0.39 is 7.37 Å². The van der Waals surface area contributed by atoms with Gasteiger partial charge >= 0.3 is 0 Å². The Labute approximate surface area is 236 Å². The van der Waals surface area contributed by atoms with E-state index in [9.17, 15) is 14.5 Å². The number of rotatable bonds is 10. The number of hydrogen-bond acceptors (Lipinski definition) is 4. The monoisotopic (exact) mass is 557 g/mol. The molecule has 1 aromatic rings. The maximum absolute atomic E-state index is 12.8. The van der Waals surface area contributed by atoms with Crippen LogP contribution in [-0.2, 0) is 20.5 Å². The van der Waals surface area contributed by atoms with Gasteiger partial charge in [-0.3, -0.25) is 9.36 Å². The van der Waals surface area contributed by atoms with Gasteiger partial charge in [0, 0.05) is 25.8 Å². The molecule has 4 unspecified atom stereocenters. The van der Waals surface area contributed by atoms with Gasteiger partial charge in [0.05, 0.1) is 12.7 Å². The van der Waals surface area contributed by atoms with Gasteiger partial charge in [-0.2, -0.15) is 0 Å². The van der Waals surface area contributed by atoms with Crippen molar-refractivity contribution in [1.29, 1.82) is 0 Å². The van der Waals surface area contributed by atoms with Crippen molar-refractivity contribution in [2.24, 2.45) is 40.4 Å². The van der Waals surface area contributed by atoms with Gasteiger partial charge in [0.1, 0.15) is 0 Å². The molecule has 9 atom stereocenters. The predicted octanol–water partition coefficient (Wildman–Crippen LogP) is 7.42. The summed E-state index contributed by atoms with van der Waals surface area (Å²) in [5.41, 5.74) is 1.89. The molecule has 0 aliphatic heterocycles. The molecule has 4 aliphatic rings. The van der Waals surface area contributed by atoms with Crippen LogP contribution in [0.5, 0.6) is 0 Å². The average molecular weight is 558 g/mol. The minimum Gasteiger partial charge on any atom is -0.393 e. The molecule has 1 aromatic carbocycles. The normalized spacial score (nSPS) is 39.2. The molecule has 5 nitrogen and oxygen atoms in total. The van der Waals surface area contributed by atoms with E-state index in [1.54, 1.807) is 6.66 Å². The molecule has 0 bridgehead atoms. The lowest BCUT2D eigenvalue weighted by Crippen LogP contribution is -2.53. The number of aliphatic hydroxyl groups is 1. The Morgan fingerprint density at radius 3 is 2.56 bits per heavy atom. The fourth-order valence-corrected chi connectivity index (χ4v) is 10.8. The van der Waals surface area contributed by atoms with Gasteiger partial charge in [-0.1, -0.05) is 44.2 Å². The average Bonchev–Trinajstić information content (AvgIpc) is 3.26. The van der Waals surface area contributed by atoms with Crippen LogP contribution in [0.3, 0.4) is 0 Å². The molecule has 0 spiro atoms. The molecule has 4 fully saturated rings. The van der Waals surface area contributed by atoms with Crippen LogP contribution in [0.15, 0.2) is 30.3 Å². The molecule has 1 amide bonds. The summed E-state index contributed by atoms with van der Waals surface area (Å²) < 4.78 is 18.4. The van der Waals surface area contributed by atoms with E-state index in [0.29, 0.717) is 24.0 Å². The summed E-state index contributed by atoms with van der Waals surface area (Å²) in [6.45, 7) is 7.84. The van der Waals surface area contributed by atoms with Crippen molar-refractivity contribution in [2.45, 2.75) is 104 Å². The van der Waals surface area contributed by atoms with Crippen LogP contribution in [0.25, 0.3) is 0 Å². The van der Waals surface area contributed by atoms with E-state index in [0.717, 1.165) is 54.4 Å². The van der Waals surface area contributed by atoms with Crippen molar-refractivity contribution in [3.8, 4) is 0 Å². The van der Waals surface area contributed by atoms with Crippen LogP contribution >= 0.6 is 7.37 Å². The summed E-state index contributed by atoms with van der Waals surface area (Å²) in [6, 6.07) is 9.75. The Morgan fingerprint density at radius 1 is 1.03 bits per heavy atom. The highest BCUT2D eigenvalue weighted by Crippen LogP contribution is 2.67. The first-order valence-electron chi connectivity index (χ1n) is 15.8. The number of hydrogen-bond donors (Lipinski definition) is 2. The predicted molar refractivity (Wildman–Crippen MR) is 158 cm³/mol. The second-order valence-corrected chi connectivity index (χ2v) is 16.9. The quantitative estimate of drug-likeness (QED) is 0.232. The van der Waals surface area contributed by atoms with Crippen molar-refractivity contribution in [1.82, 2.24) is 5.32 Å². The third kappa shape index (κ3) is 6.36. The highest BCUT2D eigenvalue weighted by Gasteiger charge is 2.59. The van der Waals surface area contributed by atoms with E-state index in [4.69, 9.17) is 4.52 Å². The van der Waals surface area contributed by atoms with Crippen LogP contribution in [-0.4, -0.2) is 36.5 Å². The van der Waals surface area contributed by atoms with Crippen molar-refractivity contribution < 1.29 is 19.0 Å². The zero-order valence-electron chi connectivity index (χ0n) is 24.6. The second-order valence-electron chi connectivity index (χ2n) is 14.1. The Morgan fingerprint density at radius 2 is 1.77 bits per heavy atom. The van der Waals surface area contributed by atoms with Crippen LogP contribution in [0, 0.1) is 40.4 Å². The molecular weight excluding hydrogens is 505 g/mol. The highest BCUT2D eigenvalue weighted by atomic mass is 31.2. The maximum atomic E-state index is 12.8. The number of amides is 1. The van der Waals surface area contributed by atoms with Gasteiger partial charge in [-0.25, -0.2) is 0 Å². The third-order valence-electron chi connectivity index (χ3n) is 12.0. The number of nitrogens with one attached hydrogen (secondary N) is 1. The van der Waals surface area contributed by atoms with Gasteiger partial charge < -0.3 is 14.9 Å². The maximum Gasteiger partial charge on any atom is 0.220 e. The van der Waals surface area contributed by atoms with E-state index in [1.807, 2.05) is 30.3 Å². The summed E-state index contributed by atoms with van der Waals surface area (Å²) in [6.07, 6.45) is 14.1. The molecule has 0 saturated heterocycles. The Kier molecular flexibility index (Phi) is 9.01. The Bertz CT molecular complexity index is 1030. The molecule has 5 rings (SSSR count). The lowest BCUT2D eigenvalue weighted by Gasteiger charge is -2.61. The Balaban J connectivity index is 1.04. The highest BCUT2D eigenvalue weighted by molar-refractivity contribution is 7.58. The van der Waals surface area contributed by atoms with Crippen molar-refractivity contribution in [2.75, 3.05) is 19.4 Å². The Hall–Kier alpha value is -1.16. The molecule has 39 heavy (non-hydrogen) atoms. The van der Waals surface area contributed by atoms with Gasteiger partial charge in [-0.05, 0) is 117 Å². The molecule has 0 heterocycles. The van der Waals surface area contributed by atoms with Crippen LogP contribution < -0.4 is 5.32 Å².